The van der Waals surface area contributed by atoms with Crippen molar-refractivity contribution in [2.75, 3.05) is 29.9 Å². The molecule has 0 radical (unpaired) electrons. The number of nitrogens with zero attached hydrogens (tertiary/aromatic N) is 6. The Morgan fingerprint density at radius 2 is 1.90 bits per heavy atom. The van der Waals surface area contributed by atoms with E-state index in [2.05, 4.69) is 15.3 Å². The van der Waals surface area contributed by atoms with Gasteiger partial charge in [-0.2, -0.15) is 13.2 Å². The van der Waals surface area contributed by atoms with Crippen molar-refractivity contribution in [3.63, 3.8) is 0 Å². The Bertz CT molecular complexity index is 1860. The maximum absolute atomic E-state index is 13.8. The van der Waals surface area contributed by atoms with Crippen LogP contribution in [0.15, 0.2) is 53.6 Å². The summed E-state index contributed by atoms with van der Waals surface area (Å²) in [6, 6.07) is 9.91. The van der Waals surface area contributed by atoms with Gasteiger partial charge >= 0.3 is 11.9 Å². The molecular weight excluding hydrogens is 535 g/mol. The van der Waals surface area contributed by atoms with Gasteiger partial charge in [-0.25, -0.2) is 14.8 Å². The number of hydrogen-bond donors (Lipinski definition) is 2. The third-order valence-electron chi connectivity index (χ3n) is 7.53. The Kier molecular flexibility index (Phi) is 6.45. The average molecular weight is 564 g/mol. The lowest BCUT2D eigenvalue weighted by atomic mass is 10.0. The largest absolute Gasteiger partial charge is 0.419 e. The molecule has 1 aliphatic rings. The molecule has 0 amide bonds. The minimum atomic E-state index is -4.59. The van der Waals surface area contributed by atoms with Crippen molar-refractivity contribution < 1.29 is 18.3 Å². The molecule has 1 atom stereocenters. The van der Waals surface area contributed by atoms with Gasteiger partial charge in [0.25, 0.3) is 0 Å². The van der Waals surface area contributed by atoms with Crippen molar-refractivity contribution in [1.82, 2.24) is 24.1 Å². The fourth-order valence-electron chi connectivity index (χ4n) is 5.45. The topological polar surface area (TPSA) is 101 Å². The van der Waals surface area contributed by atoms with Crippen LogP contribution in [-0.2, 0) is 13.2 Å². The molecule has 0 aliphatic carbocycles. The summed E-state index contributed by atoms with van der Waals surface area (Å²) in [5.74, 6) is 0.499. The third-order valence-corrected chi connectivity index (χ3v) is 7.53. The summed E-state index contributed by atoms with van der Waals surface area (Å²) in [7, 11) is 1.65. The smallest absolute Gasteiger partial charge is 0.391 e. The molecule has 1 saturated heterocycles. The van der Waals surface area contributed by atoms with Crippen molar-refractivity contribution in [3.05, 3.63) is 70.5 Å². The van der Waals surface area contributed by atoms with Gasteiger partial charge < -0.3 is 15.3 Å². The van der Waals surface area contributed by atoms with Crippen molar-refractivity contribution in [2.45, 2.75) is 32.5 Å². The van der Waals surface area contributed by atoms with E-state index < -0.39 is 17.8 Å². The maximum Gasteiger partial charge on any atom is 0.419 e. The van der Waals surface area contributed by atoms with Gasteiger partial charge in [0.15, 0.2) is 0 Å². The van der Waals surface area contributed by atoms with E-state index in [0.29, 0.717) is 64.9 Å². The van der Waals surface area contributed by atoms with Crippen LogP contribution in [0.5, 0.6) is 0 Å². The van der Waals surface area contributed by atoms with Crippen molar-refractivity contribution in [1.29, 1.82) is 0 Å². The number of benzene rings is 1. The summed E-state index contributed by atoms with van der Waals surface area (Å²) in [6.07, 6.45) is -1.29. The molecule has 12 heteroatoms. The second-order valence-electron chi connectivity index (χ2n) is 10.2. The highest BCUT2D eigenvalue weighted by Gasteiger charge is 2.35. The molecular formula is C29H28F3N7O2. The number of aliphatic hydroxyl groups excluding tert-OH is 1. The lowest BCUT2D eigenvalue weighted by Gasteiger charge is -2.18. The molecule has 5 heterocycles. The molecule has 212 valence electrons. The Morgan fingerprint density at radius 1 is 1.10 bits per heavy atom. The number of hydrogen-bond acceptors (Lipinski definition) is 7. The first kappa shape index (κ1) is 26.8. The average Bonchev–Trinajstić information content (AvgIpc) is 3.49. The minimum absolute atomic E-state index is 0.222. The van der Waals surface area contributed by atoms with Gasteiger partial charge in [0.05, 0.1) is 45.8 Å². The second-order valence-corrected chi connectivity index (χ2v) is 10.2. The molecule has 0 bridgehead atoms. The van der Waals surface area contributed by atoms with Crippen LogP contribution in [0.3, 0.4) is 0 Å². The number of imidazole rings is 1. The number of fused-ring (bicyclic) bond motifs is 3. The van der Waals surface area contributed by atoms with Crippen LogP contribution in [0.4, 0.5) is 24.8 Å². The van der Waals surface area contributed by atoms with Gasteiger partial charge in [-0.15, -0.1) is 0 Å². The Labute approximate surface area is 232 Å². The Balaban J connectivity index is 1.54. The van der Waals surface area contributed by atoms with E-state index in [1.807, 2.05) is 24.0 Å². The first-order chi connectivity index (χ1) is 19.6. The summed E-state index contributed by atoms with van der Waals surface area (Å²) in [6.45, 7) is 5.02. The molecule has 0 spiro atoms. The predicted molar refractivity (Wildman–Crippen MR) is 152 cm³/mol. The zero-order chi connectivity index (χ0) is 29.1. The van der Waals surface area contributed by atoms with Gasteiger partial charge in [0.2, 0.25) is 0 Å². The Morgan fingerprint density at radius 3 is 2.59 bits per heavy atom. The Hall–Kier alpha value is -4.45. The van der Waals surface area contributed by atoms with Crippen LogP contribution in [0.2, 0.25) is 0 Å². The molecule has 5 aromatic rings. The van der Waals surface area contributed by atoms with Crippen LogP contribution >= 0.6 is 0 Å². The molecule has 0 unspecified atom stereocenters. The monoisotopic (exact) mass is 563 g/mol. The number of aryl methyl sites for hydroxylation is 2. The van der Waals surface area contributed by atoms with Gasteiger partial charge in [-0.3, -0.25) is 14.1 Å². The fourth-order valence-corrected chi connectivity index (χ4v) is 5.45. The highest BCUT2D eigenvalue weighted by molar-refractivity contribution is 6.04. The zero-order valence-corrected chi connectivity index (χ0v) is 22.7. The number of nitrogens with one attached hydrogen (secondary N) is 1. The molecule has 0 saturated carbocycles. The van der Waals surface area contributed by atoms with Crippen LogP contribution < -0.4 is 15.9 Å². The normalized spacial score (nSPS) is 15.8. The predicted octanol–water partition coefficient (Wildman–Crippen LogP) is 4.66. The summed E-state index contributed by atoms with van der Waals surface area (Å²) in [5.41, 5.74) is 2.58. The van der Waals surface area contributed by atoms with Crippen molar-refractivity contribution >= 4 is 33.6 Å². The van der Waals surface area contributed by atoms with E-state index in [-0.39, 0.29) is 17.1 Å². The maximum atomic E-state index is 13.8. The number of aliphatic hydroxyl groups is 1. The zero-order valence-electron chi connectivity index (χ0n) is 22.7. The fraction of sp³-hybridized carbons (Fsp3) is 0.310. The van der Waals surface area contributed by atoms with Gasteiger partial charge in [0.1, 0.15) is 11.6 Å². The number of rotatable bonds is 5. The van der Waals surface area contributed by atoms with Crippen LogP contribution in [0.1, 0.15) is 24.6 Å². The van der Waals surface area contributed by atoms with Gasteiger partial charge in [-0.1, -0.05) is 6.07 Å². The molecule has 6 rings (SSSR count). The molecule has 9 nitrogen and oxygen atoms in total. The minimum Gasteiger partial charge on any atom is -0.391 e. The van der Waals surface area contributed by atoms with Gasteiger partial charge in [0, 0.05) is 43.8 Å². The van der Waals surface area contributed by atoms with Crippen molar-refractivity contribution in [3.8, 4) is 16.8 Å². The molecule has 1 fully saturated rings. The van der Waals surface area contributed by atoms with Crippen LogP contribution in [0, 0.1) is 6.92 Å². The van der Waals surface area contributed by atoms with Crippen molar-refractivity contribution in [2.24, 2.45) is 7.05 Å². The summed E-state index contributed by atoms with van der Waals surface area (Å²) in [5, 5.41) is 13.2. The van der Waals surface area contributed by atoms with E-state index in [1.54, 1.807) is 42.9 Å². The number of β-amino-alcohol motifs (C(OH)–C–C–N with tert-alkyl or cyclic N) is 1. The number of anilines is 2. The SMILES string of the molecule is CCNc1ncc(-c2ccc3ncc4c(c3c2)n(-c2ccc(N3CC[C@@H](O)C3)nc2C)c(=O)n4C)cc1C(F)(F)F. The highest BCUT2D eigenvalue weighted by Crippen LogP contribution is 2.37. The first-order valence-electron chi connectivity index (χ1n) is 13.3. The highest BCUT2D eigenvalue weighted by atomic mass is 19.4. The first-order valence-corrected chi connectivity index (χ1v) is 13.3. The second kappa shape index (κ2) is 9.88. The number of alkyl halides is 3. The molecule has 2 N–H and O–H groups in total. The van der Waals surface area contributed by atoms with E-state index in [4.69, 9.17) is 4.98 Å². The summed E-state index contributed by atoms with van der Waals surface area (Å²) in [4.78, 5) is 28.9. The summed E-state index contributed by atoms with van der Waals surface area (Å²) >= 11 is 0. The third kappa shape index (κ3) is 4.57. The van der Waals surface area contributed by atoms with E-state index in [1.165, 1.54) is 10.8 Å². The molecule has 1 aromatic carbocycles. The van der Waals surface area contributed by atoms with E-state index >= 15 is 0 Å². The number of pyridine rings is 3. The van der Waals surface area contributed by atoms with Crippen LogP contribution in [-0.4, -0.2) is 54.9 Å². The lowest BCUT2D eigenvalue weighted by Crippen LogP contribution is -2.24. The summed E-state index contributed by atoms with van der Waals surface area (Å²) < 4.78 is 44.6. The molecule has 41 heavy (non-hydrogen) atoms. The van der Waals surface area contributed by atoms with Crippen LogP contribution in [0.25, 0.3) is 38.8 Å². The molecule has 4 aromatic heterocycles. The number of aromatic nitrogens is 5. The standard InChI is InChI=1S/C29H28F3N7O2/c1-4-33-27-21(29(30,31)32)12-18(13-35-27)17-5-6-22-20(11-17)26-24(14-34-22)37(3)28(41)39(26)23-7-8-25(36-16(23)2)38-10-9-19(40)15-38/h5-8,11-14,19,40H,4,9-10,15H2,1-3H3,(H,33,35)/t19-/m1/s1. The molecule has 1 aliphatic heterocycles. The van der Waals surface area contributed by atoms with E-state index in [0.717, 1.165) is 11.9 Å². The quantitative estimate of drug-likeness (QED) is 0.321. The number of halogens is 3. The van der Waals surface area contributed by atoms with Gasteiger partial charge in [-0.05, 0) is 56.2 Å². The lowest BCUT2D eigenvalue weighted by molar-refractivity contribution is -0.137. The van der Waals surface area contributed by atoms with E-state index in [9.17, 15) is 23.1 Å².